The second-order valence-corrected chi connectivity index (χ2v) is 2.35. The van der Waals surface area contributed by atoms with E-state index in [9.17, 15) is 9.18 Å². The van der Waals surface area contributed by atoms with Crippen LogP contribution in [0, 0.1) is 6.92 Å². The zero-order valence-electron chi connectivity index (χ0n) is 6.18. The van der Waals surface area contributed by atoms with E-state index in [4.69, 9.17) is 0 Å². The van der Waals surface area contributed by atoms with E-state index in [1.54, 1.807) is 0 Å². The van der Waals surface area contributed by atoms with Crippen molar-refractivity contribution in [1.82, 2.24) is 0 Å². The van der Waals surface area contributed by atoms with Crippen LogP contribution in [0.1, 0.15) is 32.1 Å². The van der Waals surface area contributed by atoms with Crippen LogP contribution in [0.5, 0.6) is 0 Å². The second-order valence-electron chi connectivity index (χ2n) is 2.35. The Morgan fingerprint density at radius 2 is 2.10 bits per heavy atom. The molecular weight excluding hydrogens is 131 g/mol. The van der Waals surface area contributed by atoms with Gasteiger partial charge >= 0.3 is 0 Å². The quantitative estimate of drug-likeness (QED) is 0.414. The van der Waals surface area contributed by atoms with Gasteiger partial charge in [-0.15, -0.1) is 0 Å². The molecule has 1 atom stereocenters. The maximum Gasteiger partial charge on any atom is 0.155 e. The van der Waals surface area contributed by atoms with Crippen molar-refractivity contribution in [3.63, 3.8) is 0 Å². The molecule has 0 aromatic heterocycles. The standard InChI is InChI=1S/C8H14FO/c1-2-3-4-5-6-8(9)7-10/h7-8H,1-6H2. The lowest BCUT2D eigenvalue weighted by molar-refractivity contribution is -0.112. The van der Waals surface area contributed by atoms with Crippen molar-refractivity contribution in [2.24, 2.45) is 0 Å². The summed E-state index contributed by atoms with van der Waals surface area (Å²) in [5.74, 6) is 0. The molecule has 0 rings (SSSR count). The van der Waals surface area contributed by atoms with Crippen LogP contribution in [-0.4, -0.2) is 12.5 Å². The summed E-state index contributed by atoms with van der Waals surface area (Å²) in [4.78, 5) is 9.78. The van der Waals surface area contributed by atoms with Gasteiger partial charge in [0.2, 0.25) is 0 Å². The van der Waals surface area contributed by atoms with Crippen molar-refractivity contribution in [1.29, 1.82) is 0 Å². The van der Waals surface area contributed by atoms with E-state index in [1.165, 1.54) is 0 Å². The van der Waals surface area contributed by atoms with Crippen molar-refractivity contribution < 1.29 is 9.18 Å². The molecule has 0 aromatic rings. The van der Waals surface area contributed by atoms with Gasteiger partial charge in [-0.1, -0.05) is 32.6 Å². The molecule has 0 heterocycles. The number of unbranched alkanes of at least 4 members (excludes halogenated alkanes) is 3. The summed E-state index contributed by atoms with van der Waals surface area (Å²) in [5.41, 5.74) is 0. The van der Waals surface area contributed by atoms with E-state index < -0.39 is 6.17 Å². The molecular formula is C8H14FO. The maximum atomic E-state index is 12.2. The zero-order valence-corrected chi connectivity index (χ0v) is 6.18. The Hall–Kier alpha value is -0.400. The monoisotopic (exact) mass is 145 g/mol. The van der Waals surface area contributed by atoms with Crippen molar-refractivity contribution in [2.45, 2.75) is 38.3 Å². The number of halogens is 1. The van der Waals surface area contributed by atoms with E-state index in [2.05, 4.69) is 6.92 Å². The number of carbonyl (C=O) groups is 1. The van der Waals surface area contributed by atoms with Crippen LogP contribution in [0.3, 0.4) is 0 Å². The molecule has 0 saturated carbocycles. The second kappa shape index (κ2) is 6.72. The highest BCUT2D eigenvalue weighted by Crippen LogP contribution is 2.05. The summed E-state index contributed by atoms with van der Waals surface area (Å²) in [7, 11) is 0. The summed E-state index contributed by atoms with van der Waals surface area (Å²) < 4.78 is 12.2. The Morgan fingerprint density at radius 1 is 1.40 bits per heavy atom. The van der Waals surface area contributed by atoms with Crippen LogP contribution < -0.4 is 0 Å². The normalized spacial score (nSPS) is 13.0. The molecule has 0 aliphatic rings. The minimum absolute atomic E-state index is 0.365. The van der Waals surface area contributed by atoms with Crippen LogP contribution in [0.4, 0.5) is 4.39 Å². The Bertz CT molecular complexity index is 83.3. The fourth-order valence-corrected chi connectivity index (χ4v) is 0.761. The highest BCUT2D eigenvalue weighted by Gasteiger charge is 2.01. The molecule has 1 nitrogen and oxygen atoms in total. The van der Waals surface area contributed by atoms with Gasteiger partial charge in [-0.25, -0.2) is 4.39 Å². The predicted octanol–water partition coefficient (Wildman–Crippen LogP) is 2.31. The summed E-state index contributed by atoms with van der Waals surface area (Å²) in [6, 6.07) is 0. The Labute approximate surface area is 61.6 Å². The molecule has 1 radical (unpaired) electrons. The van der Waals surface area contributed by atoms with Gasteiger partial charge in [0.1, 0.15) is 0 Å². The molecule has 0 aliphatic heterocycles. The zero-order chi connectivity index (χ0) is 7.82. The van der Waals surface area contributed by atoms with E-state index in [0.29, 0.717) is 12.7 Å². The van der Waals surface area contributed by atoms with Gasteiger partial charge in [-0.05, 0) is 6.42 Å². The number of hydrogen-bond donors (Lipinski definition) is 0. The summed E-state index contributed by atoms with van der Waals surface area (Å²) in [5, 5.41) is 0. The topological polar surface area (TPSA) is 17.1 Å². The van der Waals surface area contributed by atoms with E-state index in [-0.39, 0.29) is 0 Å². The van der Waals surface area contributed by atoms with Crippen molar-refractivity contribution >= 4 is 6.29 Å². The predicted molar refractivity (Wildman–Crippen MR) is 39.4 cm³/mol. The number of rotatable bonds is 6. The van der Waals surface area contributed by atoms with Gasteiger partial charge in [-0.2, -0.15) is 0 Å². The third kappa shape index (κ3) is 5.73. The fourth-order valence-electron chi connectivity index (χ4n) is 0.761. The molecule has 0 aliphatic carbocycles. The van der Waals surface area contributed by atoms with Gasteiger partial charge in [-0.3, -0.25) is 0 Å². The Morgan fingerprint density at radius 3 is 2.60 bits per heavy atom. The third-order valence-electron chi connectivity index (χ3n) is 1.38. The van der Waals surface area contributed by atoms with Crippen molar-refractivity contribution in [2.75, 3.05) is 0 Å². The number of hydrogen-bond acceptors (Lipinski definition) is 1. The summed E-state index contributed by atoms with van der Waals surface area (Å²) in [6.45, 7) is 3.66. The minimum atomic E-state index is -1.25. The molecule has 0 aromatic carbocycles. The maximum absolute atomic E-state index is 12.2. The van der Waals surface area contributed by atoms with E-state index in [0.717, 1.165) is 25.7 Å². The average molecular weight is 145 g/mol. The number of aldehydes is 1. The largest absolute Gasteiger partial charge is 0.300 e. The third-order valence-corrected chi connectivity index (χ3v) is 1.38. The fraction of sp³-hybridized carbons (Fsp3) is 0.750. The first-order chi connectivity index (χ1) is 4.81. The first-order valence-electron chi connectivity index (χ1n) is 3.70. The molecule has 0 N–H and O–H groups in total. The lowest BCUT2D eigenvalue weighted by atomic mass is 10.1. The van der Waals surface area contributed by atoms with Gasteiger partial charge in [0.05, 0.1) is 0 Å². The first-order valence-corrected chi connectivity index (χ1v) is 3.70. The van der Waals surface area contributed by atoms with Crippen LogP contribution in [0.15, 0.2) is 0 Å². The van der Waals surface area contributed by atoms with Crippen LogP contribution in [0.25, 0.3) is 0 Å². The van der Waals surface area contributed by atoms with Crippen LogP contribution in [-0.2, 0) is 4.79 Å². The molecule has 0 bridgehead atoms. The molecule has 0 amide bonds. The molecule has 0 fully saturated rings. The average Bonchev–Trinajstić information content (AvgIpc) is 1.98. The Balaban J connectivity index is 2.95. The molecule has 59 valence electrons. The minimum Gasteiger partial charge on any atom is -0.300 e. The van der Waals surface area contributed by atoms with E-state index in [1.807, 2.05) is 0 Å². The SMILES string of the molecule is [CH2]CCCCCC(F)C=O. The molecule has 10 heavy (non-hydrogen) atoms. The first kappa shape index (κ1) is 9.60. The van der Waals surface area contributed by atoms with Crippen LogP contribution in [0.2, 0.25) is 0 Å². The van der Waals surface area contributed by atoms with Gasteiger partial charge in [0, 0.05) is 0 Å². The van der Waals surface area contributed by atoms with Crippen LogP contribution >= 0.6 is 0 Å². The number of carbonyl (C=O) groups excluding carboxylic acids is 1. The smallest absolute Gasteiger partial charge is 0.155 e. The Kier molecular flexibility index (Phi) is 6.45. The molecule has 1 unspecified atom stereocenters. The molecule has 0 saturated heterocycles. The molecule has 0 spiro atoms. The van der Waals surface area contributed by atoms with Gasteiger partial charge in [0.15, 0.2) is 12.5 Å². The summed E-state index contributed by atoms with van der Waals surface area (Å²) >= 11 is 0. The highest BCUT2D eigenvalue weighted by molar-refractivity contribution is 5.55. The highest BCUT2D eigenvalue weighted by atomic mass is 19.1. The lowest BCUT2D eigenvalue weighted by Gasteiger charge is -1.98. The van der Waals surface area contributed by atoms with Crippen molar-refractivity contribution in [3.05, 3.63) is 6.92 Å². The molecule has 2 heteroatoms. The van der Waals surface area contributed by atoms with Gasteiger partial charge in [0.25, 0.3) is 0 Å². The lowest BCUT2D eigenvalue weighted by Crippen LogP contribution is -1.99. The van der Waals surface area contributed by atoms with Gasteiger partial charge < -0.3 is 4.79 Å². The summed E-state index contributed by atoms with van der Waals surface area (Å²) in [6.07, 6.45) is 3.22. The number of alkyl halides is 1. The van der Waals surface area contributed by atoms with Crippen molar-refractivity contribution in [3.8, 4) is 0 Å². The van der Waals surface area contributed by atoms with E-state index >= 15 is 0 Å².